The smallest absolute Gasteiger partial charge is 0.269 e. The fraction of sp³-hybridized carbons (Fsp3) is 0.211. The van der Waals surface area contributed by atoms with Crippen molar-refractivity contribution in [3.63, 3.8) is 0 Å². The fourth-order valence-electron chi connectivity index (χ4n) is 2.38. The summed E-state index contributed by atoms with van der Waals surface area (Å²) in [6, 6.07) is 12.0. The summed E-state index contributed by atoms with van der Waals surface area (Å²) in [6.45, 7) is 4.15. The number of benzene rings is 1. The number of non-ortho nitro benzene ring substituents is 1. The Morgan fingerprint density at radius 3 is 2.44 bits per heavy atom. The average Bonchev–Trinajstić information content (AvgIpc) is 2.69. The van der Waals surface area contributed by atoms with Crippen LogP contribution in [0.1, 0.15) is 20.3 Å². The molecule has 1 atom stereocenters. The van der Waals surface area contributed by atoms with E-state index in [0.717, 1.165) is 17.7 Å². The maximum Gasteiger partial charge on any atom is 0.269 e. The van der Waals surface area contributed by atoms with Crippen LogP contribution in [0.25, 0.3) is 11.3 Å². The van der Waals surface area contributed by atoms with E-state index in [1.165, 1.54) is 12.1 Å². The molecule has 3 rings (SSSR count). The number of aromatic nitrogens is 3. The molecule has 2 aromatic heterocycles. The number of rotatable bonds is 7. The monoisotopic (exact) mass is 364 g/mol. The quantitative estimate of drug-likeness (QED) is 0.473. The molecular formula is C19H20N6O2. The number of nitro benzene ring substituents is 1. The van der Waals surface area contributed by atoms with Crippen LogP contribution < -0.4 is 10.6 Å². The number of hydrogen-bond donors (Lipinski definition) is 2. The predicted molar refractivity (Wildman–Crippen MR) is 105 cm³/mol. The Morgan fingerprint density at radius 2 is 1.81 bits per heavy atom. The molecule has 0 aliphatic carbocycles. The van der Waals surface area contributed by atoms with Gasteiger partial charge in [0.1, 0.15) is 5.82 Å². The maximum absolute atomic E-state index is 10.8. The molecule has 0 bridgehead atoms. The molecule has 0 aliphatic rings. The highest BCUT2D eigenvalue weighted by atomic mass is 16.6. The van der Waals surface area contributed by atoms with Crippen molar-refractivity contribution in [1.82, 2.24) is 15.0 Å². The van der Waals surface area contributed by atoms with Crippen LogP contribution >= 0.6 is 0 Å². The van der Waals surface area contributed by atoms with Gasteiger partial charge in [-0.2, -0.15) is 4.98 Å². The van der Waals surface area contributed by atoms with Crippen LogP contribution in [-0.2, 0) is 0 Å². The van der Waals surface area contributed by atoms with Crippen LogP contribution in [0.5, 0.6) is 0 Å². The summed E-state index contributed by atoms with van der Waals surface area (Å²) in [5.74, 6) is 1.11. The lowest BCUT2D eigenvalue weighted by atomic mass is 10.2. The van der Waals surface area contributed by atoms with Crippen LogP contribution in [-0.4, -0.2) is 25.9 Å². The van der Waals surface area contributed by atoms with Crippen molar-refractivity contribution in [3.05, 3.63) is 65.0 Å². The Labute approximate surface area is 156 Å². The number of hydrogen-bond acceptors (Lipinski definition) is 7. The lowest BCUT2D eigenvalue weighted by Gasteiger charge is -2.14. The summed E-state index contributed by atoms with van der Waals surface area (Å²) in [7, 11) is 0. The van der Waals surface area contributed by atoms with Crippen LogP contribution in [0.4, 0.5) is 23.1 Å². The van der Waals surface area contributed by atoms with Crippen LogP contribution in [0, 0.1) is 10.1 Å². The van der Waals surface area contributed by atoms with Gasteiger partial charge < -0.3 is 10.6 Å². The molecule has 2 heterocycles. The molecule has 3 aromatic rings. The van der Waals surface area contributed by atoms with E-state index < -0.39 is 4.92 Å². The van der Waals surface area contributed by atoms with Gasteiger partial charge in [-0.1, -0.05) is 6.92 Å². The zero-order valence-electron chi connectivity index (χ0n) is 15.1. The van der Waals surface area contributed by atoms with Gasteiger partial charge in [0.15, 0.2) is 0 Å². The van der Waals surface area contributed by atoms with Gasteiger partial charge in [-0.25, -0.2) is 4.98 Å². The molecule has 0 saturated heterocycles. The molecule has 0 unspecified atom stereocenters. The van der Waals surface area contributed by atoms with Crippen molar-refractivity contribution in [2.24, 2.45) is 0 Å². The van der Waals surface area contributed by atoms with Crippen molar-refractivity contribution in [1.29, 1.82) is 0 Å². The molecule has 0 aliphatic heterocycles. The Balaban J connectivity index is 1.93. The first kappa shape index (κ1) is 18.2. The topological polar surface area (TPSA) is 106 Å². The van der Waals surface area contributed by atoms with E-state index in [-0.39, 0.29) is 11.7 Å². The van der Waals surface area contributed by atoms with Gasteiger partial charge >= 0.3 is 0 Å². The number of nitro groups is 1. The molecule has 8 heteroatoms. The van der Waals surface area contributed by atoms with Gasteiger partial charge in [0.25, 0.3) is 5.69 Å². The molecule has 0 radical (unpaired) electrons. The van der Waals surface area contributed by atoms with E-state index in [2.05, 4.69) is 39.4 Å². The fourth-order valence-corrected chi connectivity index (χ4v) is 2.38. The van der Waals surface area contributed by atoms with Crippen LogP contribution in [0.15, 0.2) is 54.9 Å². The van der Waals surface area contributed by atoms with Gasteiger partial charge in [-0.05, 0) is 37.6 Å². The van der Waals surface area contributed by atoms with Gasteiger partial charge in [0.05, 0.1) is 10.6 Å². The molecule has 0 fully saturated rings. The first-order valence-electron chi connectivity index (χ1n) is 8.62. The zero-order valence-corrected chi connectivity index (χ0v) is 15.1. The Hall–Kier alpha value is -3.55. The Kier molecular flexibility index (Phi) is 5.55. The van der Waals surface area contributed by atoms with E-state index in [1.807, 2.05) is 18.2 Å². The summed E-state index contributed by atoms with van der Waals surface area (Å²) in [4.78, 5) is 23.5. The molecule has 0 spiro atoms. The van der Waals surface area contributed by atoms with Crippen LogP contribution in [0.3, 0.4) is 0 Å². The molecule has 2 N–H and O–H groups in total. The maximum atomic E-state index is 10.8. The number of anilines is 3. The first-order valence-corrected chi connectivity index (χ1v) is 8.62. The minimum absolute atomic E-state index is 0.0415. The lowest BCUT2D eigenvalue weighted by molar-refractivity contribution is -0.384. The third-order valence-electron chi connectivity index (χ3n) is 4.04. The van der Waals surface area contributed by atoms with Gasteiger partial charge in [0.2, 0.25) is 5.95 Å². The molecule has 0 saturated carbocycles. The first-order chi connectivity index (χ1) is 13.0. The molecule has 8 nitrogen and oxygen atoms in total. The second-order valence-electron chi connectivity index (χ2n) is 6.08. The van der Waals surface area contributed by atoms with Crippen LogP contribution in [0.2, 0.25) is 0 Å². The summed E-state index contributed by atoms with van der Waals surface area (Å²) in [5.41, 5.74) is 2.42. The van der Waals surface area contributed by atoms with Crippen molar-refractivity contribution >= 4 is 23.1 Å². The summed E-state index contributed by atoms with van der Waals surface area (Å²) in [5, 5.41) is 17.3. The summed E-state index contributed by atoms with van der Waals surface area (Å²) in [6.07, 6.45) is 4.36. The number of pyridine rings is 1. The van der Waals surface area contributed by atoms with Crippen molar-refractivity contribution in [2.75, 3.05) is 10.6 Å². The molecule has 27 heavy (non-hydrogen) atoms. The van der Waals surface area contributed by atoms with Gasteiger partial charge in [0, 0.05) is 47.9 Å². The van der Waals surface area contributed by atoms with Crippen molar-refractivity contribution < 1.29 is 4.92 Å². The minimum Gasteiger partial charge on any atom is -0.352 e. The van der Waals surface area contributed by atoms with Crippen molar-refractivity contribution in [3.8, 4) is 11.3 Å². The Morgan fingerprint density at radius 1 is 1.11 bits per heavy atom. The largest absolute Gasteiger partial charge is 0.352 e. The SMILES string of the molecule is CC[C@@H](C)Nc1nc(Nc2ccc([N+](=O)[O-])cc2)cc(-c2ccncc2)n1. The van der Waals surface area contributed by atoms with E-state index in [4.69, 9.17) is 0 Å². The van der Waals surface area contributed by atoms with E-state index >= 15 is 0 Å². The molecular weight excluding hydrogens is 344 g/mol. The van der Waals surface area contributed by atoms with E-state index in [9.17, 15) is 10.1 Å². The highest BCUT2D eigenvalue weighted by molar-refractivity contribution is 5.67. The standard InChI is InChI=1S/C19H20N6O2/c1-3-13(2)21-19-23-17(14-8-10-20-11-9-14)12-18(24-19)22-15-4-6-16(7-5-15)25(26)27/h4-13H,3H2,1-2H3,(H2,21,22,23,24)/t13-/m1/s1. The number of nitrogens with one attached hydrogen (secondary N) is 2. The highest BCUT2D eigenvalue weighted by Gasteiger charge is 2.10. The third-order valence-corrected chi connectivity index (χ3v) is 4.04. The lowest BCUT2D eigenvalue weighted by Crippen LogP contribution is -2.16. The predicted octanol–water partition coefficient (Wildman–Crippen LogP) is 4.40. The van der Waals surface area contributed by atoms with Gasteiger partial charge in [-0.3, -0.25) is 15.1 Å². The molecule has 138 valence electrons. The molecule has 0 amide bonds. The zero-order chi connectivity index (χ0) is 19.2. The minimum atomic E-state index is -0.426. The van der Waals surface area contributed by atoms with Gasteiger partial charge in [-0.15, -0.1) is 0 Å². The normalized spacial score (nSPS) is 11.6. The average molecular weight is 364 g/mol. The van der Waals surface area contributed by atoms with E-state index in [1.54, 1.807) is 24.5 Å². The summed E-state index contributed by atoms with van der Waals surface area (Å²) >= 11 is 0. The Bertz CT molecular complexity index is 915. The molecule has 1 aromatic carbocycles. The highest BCUT2D eigenvalue weighted by Crippen LogP contribution is 2.24. The summed E-state index contributed by atoms with van der Waals surface area (Å²) < 4.78 is 0. The second-order valence-corrected chi connectivity index (χ2v) is 6.08. The second kappa shape index (κ2) is 8.22. The third kappa shape index (κ3) is 4.75. The van der Waals surface area contributed by atoms with Crippen molar-refractivity contribution in [2.45, 2.75) is 26.3 Å². The van der Waals surface area contributed by atoms with E-state index in [0.29, 0.717) is 17.5 Å². The number of nitrogens with zero attached hydrogens (tertiary/aromatic N) is 4.